The molecule has 2 N–H and O–H groups in total. The molecule has 2 aliphatic rings. The van der Waals surface area contributed by atoms with Gasteiger partial charge in [0.1, 0.15) is 5.69 Å². The van der Waals surface area contributed by atoms with Crippen molar-refractivity contribution in [3.63, 3.8) is 0 Å². The Kier molecular flexibility index (Phi) is 3.97. The van der Waals surface area contributed by atoms with Crippen molar-refractivity contribution in [2.75, 3.05) is 26.2 Å². The van der Waals surface area contributed by atoms with Gasteiger partial charge in [-0.25, -0.2) is 0 Å². The number of nitrogens with zero attached hydrogens (tertiary/aromatic N) is 1. The summed E-state index contributed by atoms with van der Waals surface area (Å²) in [7, 11) is 0. The van der Waals surface area contributed by atoms with Crippen molar-refractivity contribution in [2.45, 2.75) is 19.3 Å². The lowest BCUT2D eigenvalue weighted by Crippen LogP contribution is -2.39. The van der Waals surface area contributed by atoms with Crippen LogP contribution in [0.3, 0.4) is 0 Å². The Morgan fingerprint density at radius 1 is 1.28 bits per heavy atom. The largest absolute Gasteiger partial charge is 0.357 e. The number of rotatable bonds is 1. The first-order valence-corrected chi connectivity index (χ1v) is 6.43. The number of likely N-dealkylation sites (tertiary alicyclic amines) is 1. The van der Waals surface area contributed by atoms with E-state index in [0.717, 1.165) is 31.9 Å². The van der Waals surface area contributed by atoms with Crippen LogP contribution in [0.4, 0.5) is 0 Å². The van der Waals surface area contributed by atoms with Gasteiger partial charge in [-0.2, -0.15) is 0 Å². The summed E-state index contributed by atoms with van der Waals surface area (Å²) in [6, 6.07) is 3.74. The SMILES string of the molecule is Cl.O=C(c1ccc[nH]1)N1CCC2(CCNCC2)C1. The normalized spacial score (nSPS) is 21.9. The first-order valence-electron chi connectivity index (χ1n) is 6.43. The van der Waals surface area contributed by atoms with Crippen molar-refractivity contribution in [1.29, 1.82) is 0 Å². The van der Waals surface area contributed by atoms with Gasteiger partial charge >= 0.3 is 0 Å². The molecule has 5 heteroatoms. The van der Waals surface area contributed by atoms with E-state index < -0.39 is 0 Å². The zero-order valence-corrected chi connectivity index (χ0v) is 11.3. The number of aromatic nitrogens is 1. The molecule has 0 aromatic carbocycles. The topological polar surface area (TPSA) is 48.1 Å². The molecule has 1 aromatic rings. The van der Waals surface area contributed by atoms with Crippen LogP contribution in [-0.2, 0) is 0 Å². The molecule has 0 unspecified atom stereocenters. The van der Waals surface area contributed by atoms with Gasteiger partial charge in [0.2, 0.25) is 0 Å². The molecule has 2 saturated heterocycles. The van der Waals surface area contributed by atoms with E-state index in [1.807, 2.05) is 23.2 Å². The van der Waals surface area contributed by atoms with Crippen LogP contribution >= 0.6 is 12.4 Å². The zero-order chi connectivity index (χ0) is 11.7. The van der Waals surface area contributed by atoms with Gasteiger partial charge in [-0.1, -0.05) is 0 Å². The van der Waals surface area contributed by atoms with Crippen molar-refractivity contribution < 1.29 is 4.79 Å². The number of carbonyl (C=O) groups excluding carboxylic acids is 1. The predicted octanol–water partition coefficient (Wildman–Crippen LogP) is 1.65. The van der Waals surface area contributed by atoms with E-state index in [2.05, 4.69) is 10.3 Å². The highest BCUT2D eigenvalue weighted by Gasteiger charge is 2.40. The van der Waals surface area contributed by atoms with Crippen molar-refractivity contribution in [3.8, 4) is 0 Å². The summed E-state index contributed by atoms with van der Waals surface area (Å²) >= 11 is 0. The molecule has 0 aliphatic carbocycles. The monoisotopic (exact) mass is 269 g/mol. The van der Waals surface area contributed by atoms with Crippen molar-refractivity contribution in [1.82, 2.24) is 15.2 Å². The first kappa shape index (κ1) is 13.4. The molecule has 4 nitrogen and oxygen atoms in total. The van der Waals surface area contributed by atoms with E-state index in [1.165, 1.54) is 19.3 Å². The third-order valence-electron chi connectivity index (χ3n) is 4.22. The maximum Gasteiger partial charge on any atom is 0.270 e. The van der Waals surface area contributed by atoms with Crippen LogP contribution in [0, 0.1) is 5.41 Å². The van der Waals surface area contributed by atoms with E-state index in [4.69, 9.17) is 0 Å². The molecular weight excluding hydrogens is 250 g/mol. The molecule has 0 bridgehead atoms. The van der Waals surface area contributed by atoms with Crippen LogP contribution in [0.2, 0.25) is 0 Å². The third-order valence-corrected chi connectivity index (χ3v) is 4.22. The number of carbonyl (C=O) groups is 1. The summed E-state index contributed by atoms with van der Waals surface area (Å²) in [5.74, 6) is 0.158. The lowest BCUT2D eigenvalue weighted by Gasteiger charge is -2.33. The molecule has 0 atom stereocenters. The van der Waals surface area contributed by atoms with Crippen LogP contribution in [0.1, 0.15) is 29.8 Å². The Morgan fingerprint density at radius 2 is 2.06 bits per heavy atom. The van der Waals surface area contributed by atoms with E-state index in [-0.39, 0.29) is 18.3 Å². The average Bonchev–Trinajstić information content (AvgIpc) is 2.99. The van der Waals surface area contributed by atoms with Crippen molar-refractivity contribution >= 4 is 18.3 Å². The average molecular weight is 270 g/mol. The van der Waals surface area contributed by atoms with Gasteiger partial charge in [-0.05, 0) is 49.9 Å². The zero-order valence-electron chi connectivity index (χ0n) is 10.4. The molecule has 0 radical (unpaired) electrons. The van der Waals surface area contributed by atoms with Gasteiger partial charge in [-0.3, -0.25) is 4.79 Å². The van der Waals surface area contributed by atoms with Gasteiger partial charge < -0.3 is 15.2 Å². The van der Waals surface area contributed by atoms with Crippen LogP contribution in [0.5, 0.6) is 0 Å². The highest BCUT2D eigenvalue weighted by atomic mass is 35.5. The second-order valence-electron chi connectivity index (χ2n) is 5.31. The quantitative estimate of drug-likeness (QED) is 0.815. The lowest BCUT2D eigenvalue weighted by atomic mass is 9.78. The number of halogens is 1. The fourth-order valence-electron chi connectivity index (χ4n) is 3.11. The number of amides is 1. The Balaban J connectivity index is 0.00000120. The van der Waals surface area contributed by atoms with Gasteiger partial charge in [0.25, 0.3) is 5.91 Å². The fourth-order valence-corrected chi connectivity index (χ4v) is 3.11. The summed E-state index contributed by atoms with van der Waals surface area (Å²) in [4.78, 5) is 17.2. The highest BCUT2D eigenvalue weighted by molar-refractivity contribution is 5.92. The van der Waals surface area contributed by atoms with Gasteiger partial charge in [0.15, 0.2) is 0 Å². The smallest absolute Gasteiger partial charge is 0.270 e. The molecule has 18 heavy (non-hydrogen) atoms. The molecule has 0 saturated carbocycles. The van der Waals surface area contributed by atoms with Crippen LogP contribution in [-0.4, -0.2) is 42.0 Å². The van der Waals surface area contributed by atoms with E-state index in [9.17, 15) is 4.79 Å². The predicted molar refractivity (Wildman–Crippen MR) is 73.1 cm³/mol. The van der Waals surface area contributed by atoms with Crippen LogP contribution in [0.25, 0.3) is 0 Å². The number of hydrogen-bond acceptors (Lipinski definition) is 2. The molecule has 2 aliphatic heterocycles. The Bertz CT molecular complexity index is 398. The Labute approximate surface area is 114 Å². The minimum Gasteiger partial charge on any atom is -0.357 e. The third kappa shape index (κ3) is 2.40. The number of hydrogen-bond donors (Lipinski definition) is 2. The standard InChI is InChI=1S/C13H19N3O.ClH/c17-12(11-2-1-6-15-11)16-9-5-13(10-16)3-7-14-8-4-13;/h1-2,6,14-15H,3-5,7-10H2;1H. The van der Waals surface area contributed by atoms with Crippen molar-refractivity contribution in [3.05, 3.63) is 24.0 Å². The first-order chi connectivity index (χ1) is 8.29. The molecule has 100 valence electrons. The van der Waals surface area contributed by atoms with E-state index in [0.29, 0.717) is 5.41 Å². The Hall–Kier alpha value is -1.00. The maximum absolute atomic E-state index is 12.2. The van der Waals surface area contributed by atoms with E-state index >= 15 is 0 Å². The van der Waals surface area contributed by atoms with E-state index in [1.54, 1.807) is 0 Å². The van der Waals surface area contributed by atoms with Gasteiger partial charge in [-0.15, -0.1) is 12.4 Å². The molecule has 3 heterocycles. The lowest BCUT2D eigenvalue weighted by molar-refractivity contribution is 0.0757. The fraction of sp³-hybridized carbons (Fsp3) is 0.615. The van der Waals surface area contributed by atoms with Crippen LogP contribution < -0.4 is 5.32 Å². The summed E-state index contributed by atoms with van der Waals surface area (Å²) in [5.41, 5.74) is 1.11. The van der Waals surface area contributed by atoms with Crippen LogP contribution in [0.15, 0.2) is 18.3 Å². The molecule has 1 amide bonds. The summed E-state index contributed by atoms with van der Waals surface area (Å²) in [6.07, 6.45) is 5.40. The minimum atomic E-state index is 0. The van der Waals surface area contributed by atoms with Crippen molar-refractivity contribution in [2.24, 2.45) is 5.41 Å². The number of H-pyrrole nitrogens is 1. The molecule has 1 aromatic heterocycles. The maximum atomic E-state index is 12.2. The second-order valence-corrected chi connectivity index (χ2v) is 5.31. The number of piperidine rings is 1. The molecule has 3 rings (SSSR count). The summed E-state index contributed by atoms with van der Waals surface area (Å²) in [5, 5.41) is 3.40. The number of nitrogens with one attached hydrogen (secondary N) is 2. The summed E-state index contributed by atoms with van der Waals surface area (Å²) in [6.45, 7) is 4.06. The minimum absolute atomic E-state index is 0. The second kappa shape index (κ2) is 5.33. The molecular formula is C13H20ClN3O. The molecule has 2 fully saturated rings. The van der Waals surface area contributed by atoms with Gasteiger partial charge in [0.05, 0.1) is 0 Å². The summed E-state index contributed by atoms with van der Waals surface area (Å²) < 4.78 is 0. The highest BCUT2D eigenvalue weighted by Crippen LogP contribution is 2.38. The Morgan fingerprint density at radius 3 is 2.72 bits per heavy atom. The van der Waals surface area contributed by atoms with Gasteiger partial charge in [0, 0.05) is 19.3 Å². The molecule has 1 spiro atoms. The number of aromatic amines is 1.